The van der Waals surface area contributed by atoms with Crippen molar-refractivity contribution >= 4 is 37.5 Å². The second-order valence-corrected chi connectivity index (χ2v) is 5.92. The minimum absolute atomic E-state index is 0.230. The predicted molar refractivity (Wildman–Crippen MR) is 80.3 cm³/mol. The molecule has 0 heterocycles. The van der Waals surface area contributed by atoms with Gasteiger partial charge in [-0.25, -0.2) is 4.39 Å². The first-order valence-corrected chi connectivity index (χ1v) is 7.08. The molecule has 0 amide bonds. The van der Waals surface area contributed by atoms with Crippen LogP contribution in [0.4, 0.5) is 10.1 Å². The van der Waals surface area contributed by atoms with Crippen LogP contribution in [-0.4, -0.2) is 0 Å². The summed E-state index contributed by atoms with van der Waals surface area (Å²) in [5, 5.41) is 3.31. The highest BCUT2D eigenvalue weighted by Crippen LogP contribution is 2.22. The third kappa shape index (κ3) is 3.56. The normalized spacial score (nSPS) is 10.4. The summed E-state index contributed by atoms with van der Waals surface area (Å²) in [5.41, 5.74) is 3.11. The quantitative estimate of drug-likeness (QED) is 0.773. The highest BCUT2D eigenvalue weighted by atomic mass is 79.9. The molecule has 0 saturated carbocycles. The number of hydrogen-bond acceptors (Lipinski definition) is 1. The van der Waals surface area contributed by atoms with Gasteiger partial charge in [-0.05, 0) is 48.4 Å². The Morgan fingerprint density at radius 1 is 1.06 bits per heavy atom. The van der Waals surface area contributed by atoms with Crippen molar-refractivity contribution in [2.45, 2.75) is 13.5 Å². The van der Waals surface area contributed by atoms with Gasteiger partial charge in [0, 0.05) is 21.2 Å². The first kappa shape index (κ1) is 13.6. The van der Waals surface area contributed by atoms with Crippen LogP contribution in [0.2, 0.25) is 0 Å². The van der Waals surface area contributed by atoms with Crippen molar-refractivity contribution in [3.05, 3.63) is 62.3 Å². The van der Waals surface area contributed by atoms with E-state index in [0.29, 0.717) is 6.54 Å². The van der Waals surface area contributed by atoms with Crippen molar-refractivity contribution in [2.75, 3.05) is 5.32 Å². The van der Waals surface area contributed by atoms with Gasteiger partial charge in [0.05, 0.1) is 0 Å². The molecule has 4 heteroatoms. The summed E-state index contributed by atoms with van der Waals surface area (Å²) in [6.45, 7) is 2.63. The maximum Gasteiger partial charge on any atom is 0.124 e. The smallest absolute Gasteiger partial charge is 0.124 e. The number of aryl methyl sites for hydroxylation is 1. The maximum absolute atomic E-state index is 13.2. The molecule has 0 saturated heterocycles. The summed E-state index contributed by atoms with van der Waals surface area (Å²) in [6, 6.07) is 10.9. The molecular formula is C14H12Br2FN. The lowest BCUT2D eigenvalue weighted by atomic mass is 10.2. The second kappa shape index (κ2) is 5.85. The highest BCUT2D eigenvalue weighted by Gasteiger charge is 2.02. The van der Waals surface area contributed by atoms with Crippen LogP contribution in [0.15, 0.2) is 45.3 Å². The molecule has 0 fully saturated rings. The lowest BCUT2D eigenvalue weighted by Crippen LogP contribution is -2.01. The zero-order valence-electron chi connectivity index (χ0n) is 9.81. The Balaban J connectivity index is 2.13. The van der Waals surface area contributed by atoms with Gasteiger partial charge >= 0.3 is 0 Å². The van der Waals surface area contributed by atoms with E-state index in [-0.39, 0.29) is 5.82 Å². The van der Waals surface area contributed by atoms with Crippen molar-refractivity contribution < 1.29 is 4.39 Å². The first-order chi connectivity index (χ1) is 8.54. The minimum atomic E-state index is -0.230. The summed E-state index contributed by atoms with van der Waals surface area (Å²) < 4.78 is 15.0. The third-order valence-electron chi connectivity index (χ3n) is 2.60. The molecule has 18 heavy (non-hydrogen) atoms. The second-order valence-electron chi connectivity index (χ2n) is 4.09. The number of hydrogen-bond donors (Lipinski definition) is 1. The van der Waals surface area contributed by atoms with Gasteiger partial charge in [0.2, 0.25) is 0 Å². The molecule has 0 aliphatic heterocycles. The van der Waals surface area contributed by atoms with Gasteiger partial charge in [-0.3, -0.25) is 0 Å². The van der Waals surface area contributed by atoms with Crippen LogP contribution in [0.5, 0.6) is 0 Å². The number of benzene rings is 2. The number of anilines is 1. The fraction of sp³-hybridized carbons (Fsp3) is 0.143. The van der Waals surface area contributed by atoms with Crippen LogP contribution >= 0.6 is 31.9 Å². The van der Waals surface area contributed by atoms with Crippen LogP contribution in [0, 0.1) is 12.7 Å². The topological polar surface area (TPSA) is 12.0 Å². The lowest BCUT2D eigenvalue weighted by molar-refractivity contribution is 0.625. The lowest BCUT2D eigenvalue weighted by Gasteiger charge is -2.10. The van der Waals surface area contributed by atoms with Gasteiger partial charge < -0.3 is 5.32 Å². The molecular weight excluding hydrogens is 361 g/mol. The van der Waals surface area contributed by atoms with Gasteiger partial charge in [-0.15, -0.1) is 0 Å². The molecule has 0 atom stereocenters. The highest BCUT2D eigenvalue weighted by molar-refractivity contribution is 9.10. The summed E-state index contributed by atoms with van der Waals surface area (Å²) in [7, 11) is 0. The van der Waals surface area contributed by atoms with Crippen molar-refractivity contribution in [2.24, 2.45) is 0 Å². The van der Waals surface area contributed by atoms with Crippen LogP contribution in [0.25, 0.3) is 0 Å². The molecule has 0 aliphatic carbocycles. The fourth-order valence-electron chi connectivity index (χ4n) is 1.69. The van der Waals surface area contributed by atoms with Gasteiger partial charge in [0.1, 0.15) is 5.82 Å². The van der Waals surface area contributed by atoms with E-state index < -0.39 is 0 Å². The molecule has 2 rings (SSSR count). The molecule has 0 aliphatic rings. The molecule has 0 bridgehead atoms. The average Bonchev–Trinajstić information content (AvgIpc) is 2.29. The molecule has 94 valence electrons. The van der Waals surface area contributed by atoms with Crippen molar-refractivity contribution in [1.29, 1.82) is 0 Å². The van der Waals surface area contributed by atoms with Gasteiger partial charge in [0.15, 0.2) is 0 Å². The van der Waals surface area contributed by atoms with E-state index in [9.17, 15) is 4.39 Å². The zero-order chi connectivity index (χ0) is 13.1. The van der Waals surface area contributed by atoms with E-state index in [4.69, 9.17) is 0 Å². The average molecular weight is 373 g/mol. The maximum atomic E-state index is 13.2. The summed E-state index contributed by atoms with van der Waals surface area (Å²) in [4.78, 5) is 0. The Kier molecular flexibility index (Phi) is 4.40. The molecule has 2 aromatic rings. The Labute approximate surface area is 123 Å². The standard InChI is InChI=1S/C14H12Br2FN/c1-9-2-3-11(15)7-14(9)18-8-10-4-12(16)6-13(17)5-10/h2-7,18H,8H2,1H3. The molecule has 0 unspecified atom stereocenters. The molecule has 2 aromatic carbocycles. The Morgan fingerprint density at radius 2 is 1.83 bits per heavy atom. The van der Waals surface area contributed by atoms with E-state index in [1.807, 2.05) is 31.2 Å². The monoisotopic (exact) mass is 371 g/mol. The predicted octanol–water partition coefficient (Wildman–Crippen LogP) is 5.27. The SMILES string of the molecule is Cc1ccc(Br)cc1NCc1cc(F)cc(Br)c1. The van der Waals surface area contributed by atoms with Gasteiger partial charge in [-0.2, -0.15) is 0 Å². The Morgan fingerprint density at radius 3 is 2.56 bits per heavy atom. The molecule has 1 N–H and O–H groups in total. The van der Waals surface area contributed by atoms with E-state index in [2.05, 4.69) is 37.2 Å². The van der Waals surface area contributed by atoms with Crippen LogP contribution in [0.1, 0.15) is 11.1 Å². The molecule has 0 radical (unpaired) electrons. The first-order valence-electron chi connectivity index (χ1n) is 5.49. The molecule has 0 aromatic heterocycles. The van der Waals surface area contributed by atoms with Crippen LogP contribution in [-0.2, 0) is 6.54 Å². The fourth-order valence-corrected chi connectivity index (χ4v) is 2.57. The zero-order valence-corrected chi connectivity index (χ0v) is 13.0. The molecule has 1 nitrogen and oxygen atoms in total. The Hall–Kier alpha value is -0.870. The molecule has 0 spiro atoms. The van der Waals surface area contributed by atoms with Crippen molar-refractivity contribution in [3.63, 3.8) is 0 Å². The van der Waals surface area contributed by atoms with Gasteiger partial charge in [0.25, 0.3) is 0 Å². The van der Waals surface area contributed by atoms with Gasteiger partial charge in [-0.1, -0.05) is 37.9 Å². The van der Waals surface area contributed by atoms with E-state index in [1.165, 1.54) is 12.1 Å². The van der Waals surface area contributed by atoms with Crippen molar-refractivity contribution in [1.82, 2.24) is 0 Å². The number of rotatable bonds is 3. The minimum Gasteiger partial charge on any atom is -0.381 e. The summed E-state index contributed by atoms with van der Waals surface area (Å²) in [6.07, 6.45) is 0. The van der Waals surface area contributed by atoms with E-state index in [0.717, 1.165) is 25.8 Å². The summed E-state index contributed by atoms with van der Waals surface area (Å²) >= 11 is 6.73. The van der Waals surface area contributed by atoms with Crippen LogP contribution < -0.4 is 5.32 Å². The van der Waals surface area contributed by atoms with Crippen molar-refractivity contribution in [3.8, 4) is 0 Å². The largest absolute Gasteiger partial charge is 0.381 e. The third-order valence-corrected chi connectivity index (χ3v) is 3.56. The van der Waals surface area contributed by atoms with Crippen LogP contribution in [0.3, 0.4) is 0 Å². The van der Waals surface area contributed by atoms with E-state index >= 15 is 0 Å². The number of nitrogens with one attached hydrogen (secondary N) is 1. The summed E-state index contributed by atoms with van der Waals surface area (Å²) in [5.74, 6) is -0.230. The van der Waals surface area contributed by atoms with E-state index in [1.54, 1.807) is 0 Å². The number of halogens is 3. The Bertz CT molecular complexity index is 549.